The topological polar surface area (TPSA) is 43.8 Å². The van der Waals surface area contributed by atoms with Gasteiger partial charge in [-0.2, -0.15) is 5.10 Å². The van der Waals surface area contributed by atoms with Gasteiger partial charge in [0.25, 0.3) is 0 Å². The molecule has 0 unspecified atom stereocenters. The summed E-state index contributed by atoms with van der Waals surface area (Å²) in [5.41, 5.74) is 9.79. The maximum atomic E-state index is 12.9. The Morgan fingerprint density at radius 1 is 1.22 bits per heavy atom. The standard InChI is InChI=1S/C14H18FN3/c1-10-14(4-3-9-16)11(2)18(17-10)13-7-5-12(15)6-8-13/h5-8H,3-4,9,16H2,1-2H3. The third-order valence-corrected chi connectivity index (χ3v) is 3.14. The van der Waals surface area contributed by atoms with Gasteiger partial charge >= 0.3 is 0 Å². The molecule has 1 heterocycles. The van der Waals surface area contributed by atoms with E-state index in [0.29, 0.717) is 6.54 Å². The van der Waals surface area contributed by atoms with Crippen molar-refractivity contribution in [2.75, 3.05) is 6.54 Å². The molecule has 0 fully saturated rings. The molecule has 18 heavy (non-hydrogen) atoms. The van der Waals surface area contributed by atoms with Crippen LogP contribution in [0.4, 0.5) is 4.39 Å². The first-order chi connectivity index (χ1) is 8.63. The van der Waals surface area contributed by atoms with Crippen molar-refractivity contribution in [3.05, 3.63) is 47.0 Å². The Balaban J connectivity index is 2.37. The SMILES string of the molecule is Cc1nn(-c2ccc(F)cc2)c(C)c1CCCN. The second-order valence-corrected chi connectivity index (χ2v) is 4.43. The molecule has 0 aliphatic carbocycles. The summed E-state index contributed by atoms with van der Waals surface area (Å²) in [7, 11) is 0. The molecule has 0 bridgehead atoms. The molecule has 0 aliphatic rings. The van der Waals surface area contributed by atoms with Crippen molar-refractivity contribution in [1.29, 1.82) is 0 Å². The molecule has 0 spiro atoms. The third-order valence-electron chi connectivity index (χ3n) is 3.14. The summed E-state index contributed by atoms with van der Waals surface area (Å²) in [6, 6.07) is 6.37. The van der Waals surface area contributed by atoms with Crippen LogP contribution in [0.15, 0.2) is 24.3 Å². The van der Waals surface area contributed by atoms with E-state index in [1.165, 1.54) is 17.7 Å². The van der Waals surface area contributed by atoms with Crippen molar-refractivity contribution < 1.29 is 4.39 Å². The average molecular weight is 247 g/mol. The van der Waals surface area contributed by atoms with E-state index in [4.69, 9.17) is 5.73 Å². The van der Waals surface area contributed by atoms with Crippen LogP contribution in [0.1, 0.15) is 23.4 Å². The highest BCUT2D eigenvalue weighted by Crippen LogP contribution is 2.19. The van der Waals surface area contributed by atoms with Crippen molar-refractivity contribution in [3.8, 4) is 5.69 Å². The van der Waals surface area contributed by atoms with Gasteiger partial charge < -0.3 is 5.73 Å². The first kappa shape index (κ1) is 12.8. The summed E-state index contributed by atoms with van der Waals surface area (Å²) >= 11 is 0. The molecule has 2 aromatic rings. The minimum absolute atomic E-state index is 0.233. The van der Waals surface area contributed by atoms with Gasteiger partial charge in [0, 0.05) is 5.69 Å². The number of hydrogen-bond donors (Lipinski definition) is 1. The van der Waals surface area contributed by atoms with Gasteiger partial charge in [-0.05, 0) is 63.1 Å². The highest BCUT2D eigenvalue weighted by atomic mass is 19.1. The molecule has 0 aliphatic heterocycles. The van der Waals surface area contributed by atoms with Crippen molar-refractivity contribution in [3.63, 3.8) is 0 Å². The number of aromatic nitrogens is 2. The Kier molecular flexibility index (Phi) is 3.77. The maximum Gasteiger partial charge on any atom is 0.123 e. The van der Waals surface area contributed by atoms with Crippen LogP contribution in [0, 0.1) is 19.7 Å². The van der Waals surface area contributed by atoms with E-state index in [-0.39, 0.29) is 5.82 Å². The molecule has 2 rings (SSSR count). The Morgan fingerprint density at radius 3 is 2.50 bits per heavy atom. The number of halogens is 1. The Hall–Kier alpha value is -1.68. The van der Waals surface area contributed by atoms with Crippen LogP contribution in [-0.4, -0.2) is 16.3 Å². The molecule has 1 aromatic carbocycles. The highest BCUT2D eigenvalue weighted by molar-refractivity contribution is 5.37. The van der Waals surface area contributed by atoms with Crippen molar-refractivity contribution in [1.82, 2.24) is 9.78 Å². The summed E-state index contributed by atoms with van der Waals surface area (Å²) in [6.07, 6.45) is 1.89. The number of nitrogens with zero attached hydrogens (tertiary/aromatic N) is 2. The fourth-order valence-corrected chi connectivity index (χ4v) is 2.15. The molecule has 0 radical (unpaired) electrons. The lowest BCUT2D eigenvalue weighted by Gasteiger charge is -2.05. The van der Waals surface area contributed by atoms with Gasteiger partial charge in [0.15, 0.2) is 0 Å². The quantitative estimate of drug-likeness (QED) is 0.902. The maximum absolute atomic E-state index is 12.9. The first-order valence-electron chi connectivity index (χ1n) is 6.14. The molecule has 0 saturated carbocycles. The predicted molar refractivity (Wildman–Crippen MR) is 70.4 cm³/mol. The monoisotopic (exact) mass is 247 g/mol. The molecule has 0 saturated heterocycles. The summed E-state index contributed by atoms with van der Waals surface area (Å²) in [4.78, 5) is 0. The van der Waals surface area contributed by atoms with E-state index in [0.717, 1.165) is 29.9 Å². The van der Waals surface area contributed by atoms with Crippen molar-refractivity contribution in [2.24, 2.45) is 5.73 Å². The summed E-state index contributed by atoms with van der Waals surface area (Å²) in [6.45, 7) is 4.72. The fourth-order valence-electron chi connectivity index (χ4n) is 2.15. The van der Waals surface area contributed by atoms with Crippen molar-refractivity contribution >= 4 is 0 Å². The van der Waals surface area contributed by atoms with Gasteiger partial charge in [-0.25, -0.2) is 9.07 Å². The molecule has 2 N–H and O–H groups in total. The smallest absolute Gasteiger partial charge is 0.123 e. The summed E-state index contributed by atoms with van der Waals surface area (Å²) in [5.74, 6) is -0.233. The highest BCUT2D eigenvalue weighted by Gasteiger charge is 2.12. The van der Waals surface area contributed by atoms with E-state index in [1.807, 2.05) is 18.5 Å². The van der Waals surface area contributed by atoms with Gasteiger partial charge in [0.05, 0.1) is 11.4 Å². The van der Waals surface area contributed by atoms with Crippen LogP contribution in [0.5, 0.6) is 0 Å². The lowest BCUT2D eigenvalue weighted by Crippen LogP contribution is -2.02. The molecule has 96 valence electrons. The van der Waals surface area contributed by atoms with Gasteiger partial charge in [0.2, 0.25) is 0 Å². The zero-order valence-electron chi connectivity index (χ0n) is 10.8. The van der Waals surface area contributed by atoms with E-state index in [1.54, 1.807) is 12.1 Å². The molecular formula is C14H18FN3. The van der Waals surface area contributed by atoms with Crippen LogP contribution in [0.25, 0.3) is 5.69 Å². The van der Waals surface area contributed by atoms with Crippen LogP contribution in [-0.2, 0) is 6.42 Å². The van der Waals surface area contributed by atoms with Gasteiger partial charge in [-0.1, -0.05) is 0 Å². The van der Waals surface area contributed by atoms with E-state index in [2.05, 4.69) is 5.10 Å². The average Bonchev–Trinajstić information content (AvgIpc) is 2.64. The number of nitrogens with two attached hydrogens (primary N) is 1. The lowest BCUT2D eigenvalue weighted by atomic mass is 10.1. The molecule has 0 atom stereocenters. The first-order valence-corrected chi connectivity index (χ1v) is 6.14. The van der Waals surface area contributed by atoms with Gasteiger partial charge in [-0.3, -0.25) is 0 Å². The molecule has 3 nitrogen and oxygen atoms in total. The third kappa shape index (κ3) is 2.43. The van der Waals surface area contributed by atoms with Crippen LogP contribution >= 0.6 is 0 Å². The molecule has 0 amide bonds. The van der Waals surface area contributed by atoms with E-state index >= 15 is 0 Å². The summed E-state index contributed by atoms with van der Waals surface area (Å²) < 4.78 is 14.8. The second kappa shape index (κ2) is 5.31. The number of hydrogen-bond acceptors (Lipinski definition) is 2. The second-order valence-electron chi connectivity index (χ2n) is 4.43. The normalized spacial score (nSPS) is 10.9. The Bertz CT molecular complexity index is 529. The zero-order valence-corrected chi connectivity index (χ0v) is 10.8. The lowest BCUT2D eigenvalue weighted by molar-refractivity contribution is 0.627. The molecule has 1 aromatic heterocycles. The summed E-state index contributed by atoms with van der Waals surface area (Å²) in [5, 5.41) is 4.52. The van der Waals surface area contributed by atoms with Gasteiger partial charge in [0.1, 0.15) is 5.82 Å². The predicted octanol–water partition coefficient (Wildman–Crippen LogP) is 2.52. The molecule has 4 heteroatoms. The zero-order chi connectivity index (χ0) is 13.1. The van der Waals surface area contributed by atoms with Crippen LogP contribution < -0.4 is 5.73 Å². The van der Waals surface area contributed by atoms with Gasteiger partial charge in [-0.15, -0.1) is 0 Å². The fraction of sp³-hybridized carbons (Fsp3) is 0.357. The Labute approximate surface area is 106 Å². The minimum atomic E-state index is -0.233. The minimum Gasteiger partial charge on any atom is -0.330 e. The van der Waals surface area contributed by atoms with E-state index < -0.39 is 0 Å². The largest absolute Gasteiger partial charge is 0.330 e. The van der Waals surface area contributed by atoms with E-state index in [9.17, 15) is 4.39 Å². The van der Waals surface area contributed by atoms with Crippen molar-refractivity contribution in [2.45, 2.75) is 26.7 Å². The Morgan fingerprint density at radius 2 is 1.89 bits per heavy atom. The number of aryl methyl sites for hydroxylation is 1. The van der Waals surface area contributed by atoms with Crippen LogP contribution in [0.3, 0.4) is 0 Å². The number of rotatable bonds is 4. The van der Waals surface area contributed by atoms with Crippen LogP contribution in [0.2, 0.25) is 0 Å². The molecular weight excluding hydrogens is 229 g/mol. The number of benzene rings is 1.